The van der Waals surface area contributed by atoms with Crippen LogP contribution in [-0.4, -0.2) is 19.3 Å². The third kappa shape index (κ3) is 6.90. The number of hydrogen-bond donors (Lipinski definition) is 1. The number of halogens is 1. The van der Waals surface area contributed by atoms with Crippen molar-refractivity contribution in [2.75, 3.05) is 14.2 Å². The van der Waals surface area contributed by atoms with Gasteiger partial charge in [-0.3, -0.25) is 0 Å². The van der Waals surface area contributed by atoms with E-state index in [0.29, 0.717) is 11.5 Å². The summed E-state index contributed by atoms with van der Waals surface area (Å²) in [6.07, 6.45) is 3.85. The number of aryl methyl sites for hydroxylation is 1. The van der Waals surface area contributed by atoms with Crippen molar-refractivity contribution in [2.24, 2.45) is 0 Å². The van der Waals surface area contributed by atoms with E-state index in [1.807, 2.05) is 49.4 Å². The minimum atomic E-state index is -4.94. The number of ether oxygens (including phenoxy) is 2. The summed E-state index contributed by atoms with van der Waals surface area (Å²) in [5, 5.41) is 11.3. The zero-order valence-corrected chi connectivity index (χ0v) is 16.6. The highest BCUT2D eigenvalue weighted by Crippen LogP contribution is 2.34. The quantitative estimate of drug-likeness (QED) is 0.586. The Labute approximate surface area is 169 Å². The molecule has 0 aliphatic carbocycles. The Morgan fingerprint density at radius 1 is 0.897 bits per heavy atom. The first-order valence-electron chi connectivity index (χ1n) is 8.19. The summed E-state index contributed by atoms with van der Waals surface area (Å²) in [4.78, 5) is 0. The van der Waals surface area contributed by atoms with Gasteiger partial charge in [0.2, 0.25) is 0 Å². The third-order valence-corrected chi connectivity index (χ3v) is 3.77. The molecule has 0 unspecified atom stereocenters. The van der Waals surface area contributed by atoms with Crippen LogP contribution in [0.3, 0.4) is 0 Å². The van der Waals surface area contributed by atoms with Gasteiger partial charge in [-0.15, -0.1) is 10.2 Å². The van der Waals surface area contributed by atoms with Crippen LogP contribution < -0.4 is 28.1 Å². The maximum absolute atomic E-state index is 9.36. The largest absolute Gasteiger partial charge is 0.508 e. The molecule has 2 aromatic carbocycles. The maximum Gasteiger partial charge on any atom is 0.360 e. The van der Waals surface area contributed by atoms with Gasteiger partial charge in [-0.1, -0.05) is 12.1 Å². The van der Waals surface area contributed by atoms with Crippen molar-refractivity contribution in [1.82, 2.24) is 0 Å². The fraction of sp³-hybridized carbons (Fsp3) is 0.150. The second kappa shape index (κ2) is 9.55. The molecule has 0 atom stereocenters. The van der Waals surface area contributed by atoms with E-state index in [4.69, 9.17) is 32.5 Å². The Kier molecular flexibility index (Phi) is 7.38. The molecule has 9 heteroatoms. The van der Waals surface area contributed by atoms with E-state index in [2.05, 4.69) is 0 Å². The summed E-state index contributed by atoms with van der Waals surface area (Å²) in [5.41, 5.74) is 0.970. The highest BCUT2D eigenvalue weighted by atomic mass is 35.7. The van der Waals surface area contributed by atoms with Crippen LogP contribution in [-0.2, 0) is 0 Å². The van der Waals surface area contributed by atoms with Crippen molar-refractivity contribution >= 4 is 22.9 Å². The first kappa shape index (κ1) is 22.4. The molecule has 0 aliphatic heterocycles. The van der Waals surface area contributed by atoms with Crippen LogP contribution in [0.25, 0.3) is 22.9 Å². The van der Waals surface area contributed by atoms with Gasteiger partial charge < -0.3 is 14.6 Å². The van der Waals surface area contributed by atoms with E-state index >= 15 is 0 Å². The number of aromatic hydroxyl groups is 1. The molecule has 0 radical (unpaired) electrons. The molecule has 0 saturated heterocycles. The van der Waals surface area contributed by atoms with Gasteiger partial charge in [-0.2, -0.15) is 0 Å². The molecule has 3 rings (SSSR count). The van der Waals surface area contributed by atoms with Crippen molar-refractivity contribution in [3.8, 4) is 17.2 Å². The van der Waals surface area contributed by atoms with Gasteiger partial charge in [-0.25, -0.2) is 23.1 Å². The molecule has 0 fully saturated rings. The fourth-order valence-electron chi connectivity index (χ4n) is 2.59. The van der Waals surface area contributed by atoms with E-state index < -0.39 is 10.2 Å². The van der Waals surface area contributed by atoms with Gasteiger partial charge in [0.05, 0.1) is 26.5 Å². The minimum absolute atomic E-state index is 0.245. The molecule has 0 spiro atoms. The maximum atomic E-state index is 9.36. The zero-order valence-electron chi connectivity index (χ0n) is 15.9. The van der Waals surface area contributed by atoms with Gasteiger partial charge in [-0.05, 0) is 29.8 Å². The predicted octanol–water partition coefficient (Wildman–Crippen LogP) is 0.160. The molecule has 0 amide bonds. The van der Waals surface area contributed by atoms with Crippen molar-refractivity contribution in [3.63, 3.8) is 0 Å². The van der Waals surface area contributed by atoms with E-state index in [1.54, 1.807) is 26.4 Å². The number of benzene rings is 2. The van der Waals surface area contributed by atoms with E-state index in [0.717, 1.165) is 27.9 Å². The monoisotopic (exact) mass is 422 g/mol. The summed E-state index contributed by atoms with van der Waals surface area (Å²) >= 11 is 0. The molecule has 3 aromatic rings. The molecular formula is C20H19ClO8. The van der Waals surface area contributed by atoms with Crippen LogP contribution in [0.1, 0.15) is 17.1 Å². The Hall–Kier alpha value is -2.88. The number of methoxy groups -OCH3 is 2. The average molecular weight is 423 g/mol. The Morgan fingerprint density at radius 2 is 1.45 bits per heavy atom. The van der Waals surface area contributed by atoms with Crippen LogP contribution in [0.4, 0.5) is 0 Å². The van der Waals surface area contributed by atoms with E-state index in [-0.39, 0.29) is 5.75 Å². The summed E-state index contributed by atoms with van der Waals surface area (Å²) in [6, 6.07) is 12.8. The molecule has 1 N–H and O–H groups in total. The molecular weight excluding hydrogens is 404 g/mol. The summed E-state index contributed by atoms with van der Waals surface area (Å²) < 4.78 is 50.6. The molecule has 8 nitrogen and oxygen atoms in total. The first-order chi connectivity index (χ1) is 13.6. The number of fused-ring (bicyclic) bond motifs is 1. The normalized spacial score (nSPS) is 11.3. The second-order valence-electron chi connectivity index (χ2n) is 5.82. The van der Waals surface area contributed by atoms with Crippen LogP contribution in [0.15, 0.2) is 46.9 Å². The molecule has 154 valence electrons. The summed E-state index contributed by atoms with van der Waals surface area (Å²) in [7, 11) is -1.71. The summed E-state index contributed by atoms with van der Waals surface area (Å²) in [6.45, 7) is 1.91. The summed E-state index contributed by atoms with van der Waals surface area (Å²) in [5.74, 6) is 3.13. The van der Waals surface area contributed by atoms with Crippen molar-refractivity contribution in [3.05, 3.63) is 59.5 Å². The smallest absolute Gasteiger partial charge is 0.360 e. The third-order valence-electron chi connectivity index (χ3n) is 3.77. The minimum Gasteiger partial charge on any atom is -0.508 e. The van der Waals surface area contributed by atoms with Crippen molar-refractivity contribution < 1.29 is 47.9 Å². The number of hydrogen-bond acceptors (Lipinski definition) is 7. The average Bonchev–Trinajstić information content (AvgIpc) is 2.64. The highest BCUT2D eigenvalue weighted by molar-refractivity contribution is 5.93. The Balaban J connectivity index is 0.000000537. The lowest BCUT2D eigenvalue weighted by Gasteiger charge is -2.17. The van der Waals surface area contributed by atoms with Gasteiger partial charge >= 0.3 is 11.5 Å². The van der Waals surface area contributed by atoms with Gasteiger partial charge in [0.15, 0.2) is 11.5 Å². The molecule has 0 saturated carbocycles. The molecule has 29 heavy (non-hydrogen) atoms. The van der Waals surface area contributed by atoms with Gasteiger partial charge in [0, 0.05) is 23.6 Å². The van der Waals surface area contributed by atoms with Crippen LogP contribution in [0, 0.1) is 17.2 Å². The van der Waals surface area contributed by atoms with Gasteiger partial charge in [0.1, 0.15) is 5.75 Å². The van der Waals surface area contributed by atoms with E-state index in [9.17, 15) is 5.11 Å². The van der Waals surface area contributed by atoms with Crippen LogP contribution in [0.2, 0.25) is 0 Å². The van der Waals surface area contributed by atoms with Gasteiger partial charge in [0.25, 0.3) is 0 Å². The van der Waals surface area contributed by atoms with E-state index in [1.165, 1.54) is 0 Å². The topological polar surface area (TPSA) is 142 Å². The first-order valence-corrected chi connectivity index (χ1v) is 9.42. The lowest BCUT2D eigenvalue weighted by atomic mass is 10.1. The standard InChI is InChI=1S/C20H18O4.ClHO4/c1-13-10-15-11-19(22-2)20(23-3)12-17(15)18(24-13)9-6-14-4-7-16(21)8-5-14;2-1(3,4)5/h4-12H,1-3H3;(H,2,3,4,5). The van der Waals surface area contributed by atoms with Crippen molar-refractivity contribution in [2.45, 2.75) is 6.92 Å². The fourth-order valence-corrected chi connectivity index (χ4v) is 2.59. The SMILES string of the molecule is COc1cc2cc(C)[o+]c(C=Cc3ccc(O)cc3)c2cc1OC.[O-][Cl+3]([O-])([O-])[O-]. The molecule has 1 heterocycles. The number of rotatable bonds is 4. The Morgan fingerprint density at radius 3 is 2.00 bits per heavy atom. The van der Waals surface area contributed by atoms with Crippen LogP contribution in [0.5, 0.6) is 17.2 Å². The lowest BCUT2D eigenvalue weighted by molar-refractivity contribution is -2.00. The van der Waals surface area contributed by atoms with Crippen molar-refractivity contribution in [1.29, 1.82) is 0 Å². The molecule has 0 aliphatic rings. The zero-order chi connectivity index (χ0) is 21.6. The number of phenolic OH excluding ortho intramolecular Hbond substituents is 1. The van der Waals surface area contributed by atoms with Crippen LogP contribution >= 0.6 is 0 Å². The predicted molar refractivity (Wildman–Crippen MR) is 95.5 cm³/mol. The Bertz CT molecular complexity index is 988. The number of phenols is 1. The molecule has 1 aromatic heterocycles. The second-order valence-corrected chi connectivity index (χ2v) is 6.57. The molecule has 0 bridgehead atoms. The lowest BCUT2D eigenvalue weighted by Crippen LogP contribution is -2.68. The highest BCUT2D eigenvalue weighted by Gasteiger charge is 2.17.